The third-order valence-corrected chi connectivity index (χ3v) is 4.36. The summed E-state index contributed by atoms with van der Waals surface area (Å²) in [4.78, 5) is 19.1. The van der Waals surface area contributed by atoms with E-state index in [-0.39, 0.29) is 5.56 Å². The monoisotopic (exact) mass is 332 g/mol. The van der Waals surface area contributed by atoms with Crippen LogP contribution < -0.4 is 15.8 Å². The highest BCUT2D eigenvalue weighted by atomic mass is 35.5. The Morgan fingerprint density at radius 3 is 2.74 bits per heavy atom. The Kier molecular flexibility index (Phi) is 4.98. The fraction of sp³-hybridized carbons (Fsp3) is 0.412. The van der Waals surface area contributed by atoms with Crippen molar-refractivity contribution < 1.29 is 0 Å². The molecule has 0 saturated carbocycles. The zero-order chi connectivity index (χ0) is 16.2. The molecule has 1 aliphatic rings. The molecule has 3 rings (SSSR count). The van der Waals surface area contributed by atoms with Crippen LogP contribution >= 0.6 is 11.6 Å². The first-order valence-electron chi connectivity index (χ1n) is 7.90. The zero-order valence-corrected chi connectivity index (χ0v) is 14.0. The van der Waals surface area contributed by atoms with Gasteiger partial charge >= 0.3 is 0 Å². The van der Waals surface area contributed by atoms with Gasteiger partial charge in [-0.25, -0.2) is 4.98 Å². The highest BCUT2D eigenvalue weighted by Crippen LogP contribution is 2.14. The van der Waals surface area contributed by atoms with Crippen LogP contribution in [0.1, 0.15) is 11.3 Å². The molecule has 1 aromatic heterocycles. The number of hydrogen-bond acceptors (Lipinski definition) is 4. The van der Waals surface area contributed by atoms with Crippen molar-refractivity contribution in [2.24, 2.45) is 7.05 Å². The summed E-state index contributed by atoms with van der Waals surface area (Å²) in [5.41, 5.74) is 1.99. The average molecular weight is 333 g/mol. The normalized spacial score (nSPS) is 15.0. The van der Waals surface area contributed by atoms with Gasteiger partial charge in [0, 0.05) is 44.3 Å². The molecule has 0 amide bonds. The maximum atomic E-state index is 12.2. The highest BCUT2D eigenvalue weighted by Gasteiger charge is 2.16. The molecule has 23 heavy (non-hydrogen) atoms. The molecule has 0 unspecified atom stereocenters. The average Bonchev–Trinajstić information content (AvgIpc) is 2.57. The molecule has 0 spiro atoms. The fourth-order valence-electron chi connectivity index (χ4n) is 2.81. The Balaban J connectivity index is 1.79. The number of piperazine rings is 1. The molecule has 1 saturated heterocycles. The van der Waals surface area contributed by atoms with Crippen LogP contribution in [0.3, 0.4) is 0 Å². The summed E-state index contributed by atoms with van der Waals surface area (Å²) in [5, 5.41) is 4.05. The van der Waals surface area contributed by atoms with Gasteiger partial charge in [-0.05, 0) is 30.5 Å². The van der Waals surface area contributed by atoms with E-state index in [0.29, 0.717) is 0 Å². The number of nitrogens with one attached hydrogen (secondary N) is 1. The third kappa shape index (κ3) is 3.92. The van der Waals surface area contributed by atoms with Crippen molar-refractivity contribution >= 4 is 17.5 Å². The first-order chi connectivity index (χ1) is 11.1. The number of aromatic nitrogens is 2. The number of hydrogen-bond donors (Lipinski definition) is 1. The van der Waals surface area contributed by atoms with E-state index < -0.39 is 0 Å². The molecule has 2 aromatic rings. The van der Waals surface area contributed by atoms with Crippen LogP contribution in [-0.4, -0.2) is 35.7 Å². The minimum absolute atomic E-state index is 0.00498. The summed E-state index contributed by atoms with van der Waals surface area (Å²) in [6.45, 7) is 3.58. The molecule has 0 atom stereocenters. The molecule has 1 aliphatic heterocycles. The Labute approximate surface area is 140 Å². The Bertz CT molecular complexity index is 738. The molecular formula is C17H21ClN4O. The molecule has 1 aromatic carbocycles. The van der Waals surface area contributed by atoms with Crippen molar-refractivity contribution in [3.05, 3.63) is 57.0 Å². The van der Waals surface area contributed by atoms with Gasteiger partial charge in [0.05, 0.1) is 5.69 Å². The summed E-state index contributed by atoms with van der Waals surface area (Å²) in [6, 6.07) is 9.45. The summed E-state index contributed by atoms with van der Waals surface area (Å²) in [7, 11) is 1.79. The van der Waals surface area contributed by atoms with Crippen molar-refractivity contribution in [1.29, 1.82) is 0 Å². The van der Waals surface area contributed by atoms with Crippen molar-refractivity contribution in [2.45, 2.75) is 12.8 Å². The summed E-state index contributed by atoms with van der Waals surface area (Å²) < 4.78 is 1.63. The van der Waals surface area contributed by atoms with Crippen LogP contribution in [0.15, 0.2) is 35.1 Å². The van der Waals surface area contributed by atoms with Gasteiger partial charge in [-0.1, -0.05) is 23.7 Å². The van der Waals surface area contributed by atoms with E-state index in [1.807, 2.05) is 24.3 Å². The molecular weight excluding hydrogens is 312 g/mol. The predicted octanol–water partition coefficient (Wildman–Crippen LogP) is 1.63. The molecule has 1 N–H and O–H groups in total. The molecule has 0 radical (unpaired) electrons. The van der Waals surface area contributed by atoms with Crippen LogP contribution in [0.2, 0.25) is 5.02 Å². The lowest BCUT2D eigenvalue weighted by atomic mass is 10.1. The van der Waals surface area contributed by atoms with E-state index in [0.717, 1.165) is 61.2 Å². The van der Waals surface area contributed by atoms with Gasteiger partial charge in [-0.15, -0.1) is 0 Å². The SMILES string of the molecule is Cn1c(N2CCNCC2)nc(CCc2cccc(Cl)c2)cc1=O. The number of aryl methyl sites for hydroxylation is 2. The largest absolute Gasteiger partial charge is 0.340 e. The van der Waals surface area contributed by atoms with Crippen LogP contribution in [0, 0.1) is 0 Å². The maximum Gasteiger partial charge on any atom is 0.254 e. The van der Waals surface area contributed by atoms with E-state index in [9.17, 15) is 4.79 Å². The van der Waals surface area contributed by atoms with E-state index in [4.69, 9.17) is 16.6 Å². The number of anilines is 1. The maximum absolute atomic E-state index is 12.2. The number of nitrogens with zero attached hydrogens (tertiary/aromatic N) is 3. The highest BCUT2D eigenvalue weighted by molar-refractivity contribution is 6.30. The zero-order valence-electron chi connectivity index (χ0n) is 13.3. The van der Waals surface area contributed by atoms with E-state index in [2.05, 4.69) is 10.2 Å². The molecule has 2 heterocycles. The Morgan fingerprint density at radius 2 is 2.00 bits per heavy atom. The lowest BCUT2D eigenvalue weighted by molar-refractivity contribution is 0.566. The minimum Gasteiger partial charge on any atom is -0.340 e. The van der Waals surface area contributed by atoms with E-state index in [1.54, 1.807) is 17.7 Å². The molecule has 122 valence electrons. The molecule has 6 heteroatoms. The van der Waals surface area contributed by atoms with Crippen molar-refractivity contribution in [3.8, 4) is 0 Å². The molecule has 0 bridgehead atoms. The summed E-state index contributed by atoms with van der Waals surface area (Å²) >= 11 is 6.02. The number of rotatable bonds is 4. The van der Waals surface area contributed by atoms with Crippen molar-refractivity contribution in [3.63, 3.8) is 0 Å². The van der Waals surface area contributed by atoms with E-state index >= 15 is 0 Å². The van der Waals surface area contributed by atoms with Crippen LogP contribution in [0.4, 0.5) is 5.95 Å². The standard InChI is InChI=1S/C17H21ClN4O/c1-21-16(23)12-15(6-5-13-3-2-4-14(18)11-13)20-17(21)22-9-7-19-8-10-22/h2-4,11-12,19H,5-10H2,1H3. The molecule has 5 nitrogen and oxygen atoms in total. The Hall–Kier alpha value is -1.85. The van der Waals surface area contributed by atoms with Gasteiger partial charge in [0.15, 0.2) is 0 Å². The summed E-state index contributed by atoms with van der Waals surface area (Å²) in [5.74, 6) is 0.764. The predicted molar refractivity (Wildman–Crippen MR) is 93.4 cm³/mol. The minimum atomic E-state index is -0.00498. The van der Waals surface area contributed by atoms with Gasteiger partial charge in [0.25, 0.3) is 5.56 Å². The van der Waals surface area contributed by atoms with Crippen LogP contribution in [0.5, 0.6) is 0 Å². The second kappa shape index (κ2) is 7.15. The lowest BCUT2D eigenvalue weighted by Crippen LogP contribution is -2.46. The second-order valence-corrected chi connectivity index (χ2v) is 6.25. The van der Waals surface area contributed by atoms with Gasteiger partial charge < -0.3 is 10.2 Å². The van der Waals surface area contributed by atoms with Crippen LogP contribution in [0.25, 0.3) is 0 Å². The topological polar surface area (TPSA) is 50.2 Å². The van der Waals surface area contributed by atoms with Gasteiger partial charge in [-0.2, -0.15) is 0 Å². The third-order valence-electron chi connectivity index (χ3n) is 4.12. The lowest BCUT2D eigenvalue weighted by Gasteiger charge is -2.29. The molecule has 1 fully saturated rings. The number of halogens is 1. The second-order valence-electron chi connectivity index (χ2n) is 5.81. The van der Waals surface area contributed by atoms with Gasteiger partial charge in [0.2, 0.25) is 5.95 Å². The quantitative estimate of drug-likeness (QED) is 0.924. The first-order valence-corrected chi connectivity index (χ1v) is 8.28. The smallest absolute Gasteiger partial charge is 0.254 e. The van der Waals surface area contributed by atoms with Crippen molar-refractivity contribution in [2.75, 3.05) is 31.1 Å². The molecule has 0 aliphatic carbocycles. The van der Waals surface area contributed by atoms with Crippen LogP contribution in [-0.2, 0) is 19.9 Å². The van der Waals surface area contributed by atoms with Gasteiger partial charge in [0.1, 0.15) is 0 Å². The fourth-order valence-corrected chi connectivity index (χ4v) is 3.03. The first kappa shape index (κ1) is 16.0. The number of benzene rings is 1. The Morgan fingerprint density at radius 1 is 1.22 bits per heavy atom. The van der Waals surface area contributed by atoms with Gasteiger partial charge in [-0.3, -0.25) is 9.36 Å². The van der Waals surface area contributed by atoms with Crippen molar-refractivity contribution in [1.82, 2.24) is 14.9 Å². The summed E-state index contributed by atoms with van der Waals surface area (Å²) in [6.07, 6.45) is 1.55. The van der Waals surface area contributed by atoms with E-state index in [1.165, 1.54) is 0 Å².